The number of ether oxygens (including phenoxy) is 1. The van der Waals surface area contributed by atoms with Crippen molar-refractivity contribution in [3.63, 3.8) is 0 Å². The molecule has 0 amide bonds. The van der Waals surface area contributed by atoms with Crippen LogP contribution in [0, 0.1) is 11.5 Å². The van der Waals surface area contributed by atoms with Crippen molar-refractivity contribution in [2.75, 3.05) is 11.4 Å². The fourth-order valence-electron chi connectivity index (χ4n) is 6.17. The number of amidine groups is 1. The molecule has 1 aromatic heterocycles. The number of hydrogen-bond acceptors (Lipinski definition) is 5. The molecule has 0 saturated carbocycles. The first-order chi connectivity index (χ1) is 21.7. The third kappa shape index (κ3) is 7.83. The number of aromatic nitrogens is 1. The summed E-state index contributed by atoms with van der Waals surface area (Å²) in [4.78, 5) is 12.6. The van der Waals surface area contributed by atoms with Gasteiger partial charge in [-0.05, 0) is 63.0 Å². The number of hydrogen-bond donors (Lipinski definition) is 1. The standard InChI is InChI=1S/C42H54N3O2.Pt/c1-25(2)32-15-14-16-33(26(3)4)38(32)45-24-35(42(11,12)13)43-39(45)28-20-29(40(5,6)7)22-31(21-28)47-36-18-17-27-19-30(41(8,9)10)23-34(46)37(27)44-36;/h14-20,22-23,25-26,35,46H,24H2,1-13H3;/q-1;/t35-;/m1./s1. The van der Waals surface area contributed by atoms with Crippen LogP contribution < -0.4 is 9.64 Å². The van der Waals surface area contributed by atoms with Gasteiger partial charge in [-0.1, -0.05) is 120 Å². The van der Waals surface area contributed by atoms with Crippen molar-refractivity contribution >= 4 is 22.4 Å². The Morgan fingerprint density at radius 1 is 0.812 bits per heavy atom. The molecule has 0 bridgehead atoms. The van der Waals surface area contributed by atoms with E-state index in [-0.39, 0.29) is 49.1 Å². The Hall–Kier alpha value is -3.17. The molecule has 1 aliphatic rings. The quantitative estimate of drug-likeness (QED) is 0.197. The summed E-state index contributed by atoms with van der Waals surface area (Å²) in [5.74, 6) is 2.78. The van der Waals surface area contributed by atoms with Crippen LogP contribution in [-0.4, -0.2) is 28.5 Å². The van der Waals surface area contributed by atoms with E-state index in [9.17, 15) is 5.11 Å². The summed E-state index contributed by atoms with van der Waals surface area (Å²) in [6.07, 6.45) is 0. The van der Waals surface area contributed by atoms with Crippen molar-refractivity contribution in [1.29, 1.82) is 0 Å². The van der Waals surface area contributed by atoms with Crippen molar-refractivity contribution in [3.8, 4) is 17.4 Å². The van der Waals surface area contributed by atoms with Gasteiger partial charge < -0.3 is 19.7 Å². The maximum Gasteiger partial charge on any atom is 0.217 e. The molecule has 3 aromatic carbocycles. The zero-order chi connectivity index (χ0) is 34.6. The minimum absolute atomic E-state index is 0. The molecule has 48 heavy (non-hydrogen) atoms. The van der Waals surface area contributed by atoms with E-state index in [0.29, 0.717) is 29.0 Å². The minimum Gasteiger partial charge on any atom is -0.506 e. The van der Waals surface area contributed by atoms with Crippen molar-refractivity contribution in [2.45, 2.75) is 119 Å². The summed E-state index contributed by atoms with van der Waals surface area (Å²) < 4.78 is 6.48. The topological polar surface area (TPSA) is 58.0 Å². The second kappa shape index (κ2) is 13.6. The Bertz CT molecular complexity index is 1790. The second-order valence-electron chi connectivity index (χ2n) is 17.0. The average Bonchev–Trinajstić information content (AvgIpc) is 3.42. The molecule has 4 aromatic rings. The third-order valence-electron chi connectivity index (χ3n) is 9.28. The Morgan fingerprint density at radius 2 is 1.40 bits per heavy atom. The van der Waals surface area contributed by atoms with Crippen LogP contribution in [0.15, 0.2) is 59.6 Å². The molecule has 0 aliphatic carbocycles. The number of fused-ring (bicyclic) bond motifs is 1. The van der Waals surface area contributed by atoms with Crippen LogP contribution in [0.25, 0.3) is 10.9 Å². The van der Waals surface area contributed by atoms with Crippen LogP contribution in [0.1, 0.15) is 130 Å². The molecule has 0 fully saturated rings. The molecule has 1 atom stereocenters. The van der Waals surface area contributed by atoms with Gasteiger partial charge in [-0.15, -0.1) is 17.2 Å². The molecule has 5 nitrogen and oxygen atoms in total. The van der Waals surface area contributed by atoms with Crippen LogP contribution >= 0.6 is 0 Å². The van der Waals surface area contributed by atoms with Crippen LogP contribution in [0.2, 0.25) is 0 Å². The number of rotatable bonds is 6. The number of phenols is 1. The van der Waals surface area contributed by atoms with Crippen LogP contribution in [-0.2, 0) is 31.9 Å². The molecule has 0 radical (unpaired) electrons. The predicted molar refractivity (Wildman–Crippen MR) is 198 cm³/mol. The third-order valence-corrected chi connectivity index (χ3v) is 9.28. The Kier molecular flexibility index (Phi) is 10.7. The Labute approximate surface area is 303 Å². The van der Waals surface area contributed by atoms with E-state index in [1.165, 1.54) is 16.8 Å². The zero-order valence-electron chi connectivity index (χ0n) is 31.1. The summed E-state index contributed by atoms with van der Waals surface area (Å²) in [5, 5.41) is 11.8. The maximum absolute atomic E-state index is 10.9. The monoisotopic (exact) mass is 827 g/mol. The van der Waals surface area contributed by atoms with E-state index >= 15 is 0 Å². The number of aromatic hydroxyl groups is 1. The van der Waals surface area contributed by atoms with E-state index in [2.05, 4.69) is 137 Å². The van der Waals surface area contributed by atoms with E-state index in [1.54, 1.807) is 0 Å². The molecule has 5 rings (SSSR count). The first-order valence-corrected chi connectivity index (χ1v) is 17.1. The fraction of sp³-hybridized carbons (Fsp3) is 0.476. The van der Waals surface area contributed by atoms with E-state index in [0.717, 1.165) is 34.5 Å². The number of pyridine rings is 1. The van der Waals surface area contributed by atoms with Gasteiger partial charge in [0.25, 0.3) is 0 Å². The molecule has 1 aliphatic heterocycles. The van der Waals surface area contributed by atoms with Gasteiger partial charge in [-0.3, -0.25) is 0 Å². The zero-order valence-corrected chi connectivity index (χ0v) is 33.4. The molecule has 0 spiro atoms. The van der Waals surface area contributed by atoms with Crippen molar-refractivity contribution in [3.05, 3.63) is 88.5 Å². The normalized spacial score (nSPS) is 15.7. The van der Waals surface area contributed by atoms with Crippen LogP contribution in [0.3, 0.4) is 0 Å². The molecule has 6 heteroatoms. The summed E-state index contributed by atoms with van der Waals surface area (Å²) >= 11 is 0. The fourth-order valence-corrected chi connectivity index (χ4v) is 6.17. The number of phenolic OH excluding ortho intramolecular Hbond substituents is 1. The van der Waals surface area contributed by atoms with Gasteiger partial charge >= 0.3 is 0 Å². The van der Waals surface area contributed by atoms with Gasteiger partial charge in [-0.25, -0.2) is 4.98 Å². The molecular formula is C42H54N3O2Pt-. The molecule has 2 heterocycles. The van der Waals surface area contributed by atoms with Crippen molar-refractivity contribution in [1.82, 2.24) is 4.98 Å². The largest absolute Gasteiger partial charge is 0.506 e. The molecular weight excluding hydrogens is 774 g/mol. The molecule has 0 saturated heterocycles. The number of benzene rings is 3. The summed E-state index contributed by atoms with van der Waals surface area (Å²) in [5.41, 5.74) is 7.29. The Balaban J connectivity index is 0.00000520. The van der Waals surface area contributed by atoms with Gasteiger partial charge in [-0.2, -0.15) is 0 Å². The number of para-hydroxylation sites is 1. The first-order valence-electron chi connectivity index (χ1n) is 17.1. The average molecular weight is 828 g/mol. The van der Waals surface area contributed by atoms with Crippen LogP contribution in [0.4, 0.5) is 5.69 Å². The Morgan fingerprint density at radius 3 is 1.94 bits per heavy atom. The van der Waals surface area contributed by atoms with E-state index in [1.807, 2.05) is 18.2 Å². The number of anilines is 1. The maximum atomic E-state index is 10.9. The summed E-state index contributed by atoms with van der Waals surface area (Å²) in [6, 6.07) is 22.5. The van der Waals surface area contributed by atoms with Gasteiger partial charge in [0.2, 0.25) is 5.88 Å². The summed E-state index contributed by atoms with van der Waals surface area (Å²) in [7, 11) is 0. The second-order valence-corrected chi connectivity index (χ2v) is 17.0. The summed E-state index contributed by atoms with van der Waals surface area (Å²) in [6.45, 7) is 29.8. The van der Waals surface area contributed by atoms with Gasteiger partial charge in [0, 0.05) is 50.5 Å². The van der Waals surface area contributed by atoms with Crippen LogP contribution in [0.5, 0.6) is 17.4 Å². The number of nitrogens with zero attached hydrogens (tertiary/aromatic N) is 3. The smallest absolute Gasteiger partial charge is 0.217 e. The molecule has 0 unspecified atom stereocenters. The van der Waals surface area contributed by atoms with E-state index < -0.39 is 0 Å². The number of aliphatic imine (C=N–C) groups is 1. The minimum atomic E-state index is -0.146. The van der Waals surface area contributed by atoms with Gasteiger partial charge in [0.05, 0.1) is 11.9 Å². The predicted octanol–water partition coefficient (Wildman–Crippen LogP) is 11.1. The SMILES string of the molecule is CC(C)c1cccc(C(C)C)c1N1C[C@H](C(C)(C)C)N=C1c1[c-]c(Oc2ccc3cc(C(C)(C)C)cc(O)c3n2)cc(C(C)(C)C)c1.[Pt]. The van der Waals surface area contributed by atoms with Crippen molar-refractivity contribution in [2.24, 2.45) is 10.4 Å². The van der Waals surface area contributed by atoms with Crippen molar-refractivity contribution < 1.29 is 30.9 Å². The van der Waals surface area contributed by atoms with E-state index in [4.69, 9.17) is 14.7 Å². The molecule has 260 valence electrons. The van der Waals surface area contributed by atoms with Gasteiger partial charge in [0.1, 0.15) is 11.3 Å². The molecule has 1 N–H and O–H groups in total. The van der Waals surface area contributed by atoms with Gasteiger partial charge in [0.15, 0.2) is 0 Å². The first kappa shape index (κ1) is 37.6.